The maximum atomic E-state index is 5.86. The van der Waals surface area contributed by atoms with Gasteiger partial charge in [-0.1, -0.05) is 37.8 Å². The average Bonchev–Trinajstić information content (AvgIpc) is 3.00. The number of ether oxygens (including phenoxy) is 3. The number of aromatic nitrogens is 1. The number of rotatable bonds is 10. The summed E-state index contributed by atoms with van der Waals surface area (Å²) in [5.74, 6) is 0.933. The van der Waals surface area contributed by atoms with Crippen LogP contribution in [0.4, 0.5) is 0 Å². The van der Waals surface area contributed by atoms with Gasteiger partial charge in [0.1, 0.15) is 12.2 Å². The van der Waals surface area contributed by atoms with Crippen LogP contribution >= 0.6 is 0 Å². The van der Waals surface area contributed by atoms with E-state index in [1.54, 1.807) is 7.11 Å². The number of pyridine rings is 1. The van der Waals surface area contributed by atoms with Gasteiger partial charge in [0.15, 0.2) is 5.75 Å². The molecule has 0 unspecified atom stereocenters. The van der Waals surface area contributed by atoms with E-state index in [-0.39, 0.29) is 0 Å². The van der Waals surface area contributed by atoms with Crippen molar-refractivity contribution >= 4 is 10.9 Å². The third kappa shape index (κ3) is 8.88. The third-order valence-corrected chi connectivity index (χ3v) is 7.47. The van der Waals surface area contributed by atoms with Gasteiger partial charge in [-0.2, -0.15) is 0 Å². The summed E-state index contributed by atoms with van der Waals surface area (Å²) in [7, 11) is 1.71. The zero-order valence-corrected chi connectivity index (χ0v) is 24.4. The highest BCUT2D eigenvalue weighted by Crippen LogP contribution is 2.33. The van der Waals surface area contributed by atoms with Crippen LogP contribution in [0.1, 0.15) is 30.9 Å². The molecule has 4 heterocycles. The number of fused-ring (bicyclic) bond motifs is 3. The minimum absolute atomic E-state index is 0.543. The van der Waals surface area contributed by atoms with Crippen molar-refractivity contribution in [3.05, 3.63) is 72.1 Å². The van der Waals surface area contributed by atoms with Gasteiger partial charge in [0, 0.05) is 82.3 Å². The molecule has 1 aromatic carbocycles. The van der Waals surface area contributed by atoms with Gasteiger partial charge in [-0.25, -0.2) is 0 Å². The summed E-state index contributed by atoms with van der Waals surface area (Å²) in [5, 5.41) is 4.48. The minimum atomic E-state index is 0.543. The van der Waals surface area contributed by atoms with Gasteiger partial charge in [-0.3, -0.25) is 20.1 Å². The van der Waals surface area contributed by atoms with E-state index in [9.17, 15) is 0 Å². The van der Waals surface area contributed by atoms with Gasteiger partial charge in [0.2, 0.25) is 0 Å². The van der Waals surface area contributed by atoms with Crippen molar-refractivity contribution in [3.63, 3.8) is 0 Å². The van der Waals surface area contributed by atoms with Crippen molar-refractivity contribution in [1.82, 2.24) is 25.0 Å². The number of hydrogen-bond donors (Lipinski definition) is 1. The molecule has 0 spiro atoms. The van der Waals surface area contributed by atoms with Crippen LogP contribution in [0.5, 0.6) is 5.75 Å². The first-order valence-corrected chi connectivity index (χ1v) is 14.7. The summed E-state index contributed by atoms with van der Waals surface area (Å²) in [4.78, 5) is 12.0. The lowest BCUT2D eigenvalue weighted by molar-refractivity contribution is 0.0380. The lowest BCUT2D eigenvalue weighted by atomic mass is 10.0. The van der Waals surface area contributed by atoms with Crippen molar-refractivity contribution in [2.24, 2.45) is 0 Å². The first-order chi connectivity index (χ1) is 19.7. The Labute approximate surface area is 240 Å². The number of benzene rings is 1. The fourth-order valence-electron chi connectivity index (χ4n) is 5.31. The Morgan fingerprint density at radius 1 is 1.10 bits per heavy atom. The first kappa shape index (κ1) is 30.2. The number of allylic oxidation sites excluding steroid dienone is 3. The Kier molecular flexibility index (Phi) is 12.5. The number of morpholine rings is 1. The molecular weight excluding hydrogens is 502 g/mol. The van der Waals surface area contributed by atoms with Crippen LogP contribution in [0, 0.1) is 0 Å². The summed E-state index contributed by atoms with van der Waals surface area (Å²) in [6, 6.07) is 6.46. The van der Waals surface area contributed by atoms with Crippen molar-refractivity contribution in [2.75, 3.05) is 79.5 Å². The number of nitrogens with zero attached hydrogens (tertiary/aromatic N) is 4. The fraction of sp³-hybridized carbons (Fsp3) is 0.531. The van der Waals surface area contributed by atoms with Gasteiger partial charge in [0.25, 0.3) is 0 Å². The molecule has 0 amide bonds. The second kappa shape index (κ2) is 16.5. The van der Waals surface area contributed by atoms with Gasteiger partial charge in [0.05, 0.1) is 19.8 Å². The van der Waals surface area contributed by atoms with E-state index in [2.05, 4.69) is 68.9 Å². The summed E-state index contributed by atoms with van der Waals surface area (Å²) in [6.45, 7) is 18.8. The zero-order chi connectivity index (χ0) is 28.0. The SMILES string of the molecule is C=C(/C=C\C/C=C\COC)N1CCN(Cc2cc3c(c4ncccc24)OCNC3)CC1.CCCN1CCOCC1. The molecule has 2 fully saturated rings. The van der Waals surface area contributed by atoms with Crippen LogP contribution in [0.2, 0.25) is 0 Å². The Balaban J connectivity index is 0.000000350. The first-order valence-electron chi connectivity index (χ1n) is 14.7. The average molecular weight is 550 g/mol. The highest BCUT2D eigenvalue weighted by atomic mass is 16.5. The molecule has 8 heteroatoms. The highest BCUT2D eigenvalue weighted by Gasteiger charge is 2.21. The molecule has 0 aliphatic carbocycles. The van der Waals surface area contributed by atoms with Crippen molar-refractivity contribution in [1.29, 1.82) is 0 Å². The van der Waals surface area contributed by atoms with Crippen LogP contribution < -0.4 is 10.1 Å². The predicted molar refractivity (Wildman–Crippen MR) is 162 cm³/mol. The van der Waals surface area contributed by atoms with Gasteiger partial charge in [-0.05, 0) is 43.2 Å². The lowest BCUT2D eigenvalue weighted by Crippen LogP contribution is -2.45. The van der Waals surface area contributed by atoms with E-state index in [0.29, 0.717) is 13.3 Å². The van der Waals surface area contributed by atoms with Crippen molar-refractivity contribution < 1.29 is 14.2 Å². The third-order valence-electron chi connectivity index (χ3n) is 7.47. The van der Waals surface area contributed by atoms with Crippen molar-refractivity contribution in [3.8, 4) is 5.75 Å². The summed E-state index contributed by atoms with van der Waals surface area (Å²) < 4.78 is 16.1. The van der Waals surface area contributed by atoms with E-state index in [4.69, 9.17) is 14.2 Å². The number of methoxy groups -OCH3 is 1. The monoisotopic (exact) mass is 549 g/mol. The molecule has 8 nitrogen and oxygen atoms in total. The Morgan fingerprint density at radius 3 is 2.70 bits per heavy atom. The Bertz CT molecular complexity index is 1120. The maximum absolute atomic E-state index is 5.86. The molecule has 218 valence electrons. The number of nitrogens with one attached hydrogen (secondary N) is 1. The van der Waals surface area contributed by atoms with E-state index >= 15 is 0 Å². The predicted octanol–water partition coefficient (Wildman–Crippen LogP) is 4.18. The van der Waals surface area contributed by atoms with Crippen LogP contribution in [-0.2, 0) is 22.6 Å². The molecule has 0 saturated carbocycles. The van der Waals surface area contributed by atoms with Crippen molar-refractivity contribution in [2.45, 2.75) is 32.9 Å². The second-order valence-corrected chi connectivity index (χ2v) is 10.4. The quantitative estimate of drug-likeness (QED) is 0.350. The normalized spacial score (nSPS) is 18.5. The smallest absolute Gasteiger partial charge is 0.152 e. The molecule has 0 bridgehead atoms. The van der Waals surface area contributed by atoms with Crippen LogP contribution in [0.25, 0.3) is 10.9 Å². The molecule has 0 atom stereocenters. The lowest BCUT2D eigenvalue weighted by Gasteiger charge is -2.36. The Hall–Kier alpha value is -2.75. The van der Waals surface area contributed by atoms with Gasteiger partial charge >= 0.3 is 0 Å². The Morgan fingerprint density at radius 2 is 1.93 bits per heavy atom. The highest BCUT2D eigenvalue weighted by molar-refractivity contribution is 5.89. The molecule has 5 rings (SSSR count). The van der Waals surface area contributed by atoms with E-state index in [1.807, 2.05) is 18.3 Å². The summed E-state index contributed by atoms with van der Waals surface area (Å²) >= 11 is 0. The van der Waals surface area contributed by atoms with E-state index < -0.39 is 0 Å². The molecule has 0 radical (unpaired) electrons. The molecule has 1 aromatic heterocycles. The molecule has 2 aromatic rings. The van der Waals surface area contributed by atoms with Gasteiger partial charge < -0.3 is 19.1 Å². The molecule has 2 saturated heterocycles. The zero-order valence-electron chi connectivity index (χ0n) is 24.4. The number of hydrogen-bond acceptors (Lipinski definition) is 8. The van der Waals surface area contributed by atoms with Crippen LogP contribution in [0.3, 0.4) is 0 Å². The van der Waals surface area contributed by atoms with E-state index in [0.717, 1.165) is 89.0 Å². The van der Waals surface area contributed by atoms with E-state index in [1.165, 1.54) is 29.5 Å². The standard InChI is InChI=1S/C25H32N4O2.C7H15NO/c1-20(8-5-3-4-6-15-30-2)29-13-11-28(12-14-29)18-22-16-21-17-26-19-31-25(21)24-23(22)9-7-10-27-24;1-2-3-8-4-6-9-7-5-8/h4-10,16,26H,1,3,11-15,17-19H2,2H3;2-7H2,1H3/b6-4-,8-5-;. The maximum Gasteiger partial charge on any atom is 0.152 e. The summed E-state index contributed by atoms with van der Waals surface area (Å²) in [6.07, 6.45) is 12.5. The second-order valence-electron chi connectivity index (χ2n) is 10.4. The van der Waals surface area contributed by atoms with Crippen LogP contribution in [-0.4, -0.2) is 99.2 Å². The largest absolute Gasteiger partial charge is 0.476 e. The topological polar surface area (TPSA) is 62.3 Å². The summed E-state index contributed by atoms with van der Waals surface area (Å²) in [5.41, 5.74) is 4.59. The van der Waals surface area contributed by atoms with Crippen LogP contribution in [0.15, 0.2) is 61.0 Å². The molecule has 40 heavy (non-hydrogen) atoms. The number of piperazine rings is 1. The van der Waals surface area contributed by atoms with Gasteiger partial charge in [-0.15, -0.1) is 0 Å². The minimum Gasteiger partial charge on any atom is -0.476 e. The fourth-order valence-corrected chi connectivity index (χ4v) is 5.31. The molecule has 3 aliphatic rings. The molecule has 1 N–H and O–H groups in total. The molecule has 3 aliphatic heterocycles. The molecular formula is C32H47N5O3.